The number of fused-ring (bicyclic) bond motifs is 1. The Hall–Kier alpha value is -1.21. The van der Waals surface area contributed by atoms with E-state index in [1.165, 1.54) is 23.1 Å². The molecule has 2 aromatic rings. The number of carbonyl (C=O) groups excluding carboxylic acids is 1. The van der Waals surface area contributed by atoms with E-state index in [1.54, 1.807) is 0 Å². The van der Waals surface area contributed by atoms with E-state index in [-0.39, 0.29) is 29.8 Å². The van der Waals surface area contributed by atoms with Gasteiger partial charge in [-0.25, -0.2) is 4.39 Å². The molecule has 2 unspecified atom stereocenters. The number of likely N-dealkylation sites (tertiary alicyclic amines) is 1. The van der Waals surface area contributed by atoms with Crippen molar-refractivity contribution < 1.29 is 19.4 Å². The lowest BCUT2D eigenvalue weighted by molar-refractivity contribution is 0.0572. The predicted octanol–water partition coefficient (Wildman–Crippen LogP) is 1.87. The maximum atomic E-state index is 13.2. The van der Waals surface area contributed by atoms with E-state index in [0.29, 0.717) is 15.0 Å². The van der Waals surface area contributed by atoms with Crippen molar-refractivity contribution in [2.45, 2.75) is 12.2 Å². The van der Waals surface area contributed by atoms with Crippen LogP contribution >= 0.6 is 22.9 Å². The van der Waals surface area contributed by atoms with E-state index in [2.05, 4.69) is 0 Å². The van der Waals surface area contributed by atoms with E-state index >= 15 is 0 Å². The molecule has 2 atom stereocenters. The molecule has 1 fully saturated rings. The molecule has 106 valence electrons. The monoisotopic (exact) mass is 315 g/mol. The van der Waals surface area contributed by atoms with Crippen LogP contribution in [0.5, 0.6) is 0 Å². The number of hydrogen-bond donors (Lipinski definition) is 2. The minimum Gasteiger partial charge on any atom is -0.388 e. The van der Waals surface area contributed by atoms with Crippen LogP contribution in [0.15, 0.2) is 18.2 Å². The van der Waals surface area contributed by atoms with Crippen LogP contribution in [0.2, 0.25) is 5.02 Å². The van der Waals surface area contributed by atoms with Gasteiger partial charge in [-0.2, -0.15) is 0 Å². The number of halogens is 2. The summed E-state index contributed by atoms with van der Waals surface area (Å²) in [7, 11) is 0. The minimum atomic E-state index is -0.940. The number of β-amino-alcohol motifs (C(OH)–C–C–N with tert-alkyl or cyclic N) is 2. The SMILES string of the molecule is O=C(c1sc2cc(F)ccc2c1Cl)N1CC(O)C(O)C1. The number of thiophene rings is 1. The standard InChI is InChI=1S/C13H11ClFNO3S/c14-11-7-2-1-6(15)3-10(7)20-12(11)13(19)16-4-8(17)9(18)5-16/h1-3,8-9,17-18H,4-5H2. The van der Waals surface area contributed by atoms with Crippen molar-refractivity contribution in [2.24, 2.45) is 0 Å². The summed E-state index contributed by atoms with van der Waals surface area (Å²) in [6.45, 7) is 0.137. The third kappa shape index (κ3) is 2.18. The van der Waals surface area contributed by atoms with Gasteiger partial charge in [-0.15, -0.1) is 11.3 Å². The van der Waals surface area contributed by atoms with Crippen molar-refractivity contribution in [3.05, 3.63) is 33.9 Å². The second kappa shape index (κ2) is 4.96. The number of carbonyl (C=O) groups is 1. The Morgan fingerprint density at radius 3 is 2.65 bits per heavy atom. The molecular formula is C13H11ClFNO3S. The smallest absolute Gasteiger partial charge is 0.265 e. The van der Waals surface area contributed by atoms with Crippen LogP contribution in [0.25, 0.3) is 10.1 Å². The maximum Gasteiger partial charge on any atom is 0.265 e. The summed E-state index contributed by atoms with van der Waals surface area (Å²) >= 11 is 7.28. The molecule has 7 heteroatoms. The van der Waals surface area contributed by atoms with Gasteiger partial charge in [-0.3, -0.25) is 4.79 Å². The lowest BCUT2D eigenvalue weighted by atomic mass is 10.2. The predicted molar refractivity (Wildman–Crippen MR) is 74.7 cm³/mol. The second-order valence-electron chi connectivity index (χ2n) is 4.73. The normalized spacial score (nSPS) is 22.7. The Labute approximate surface area is 123 Å². The second-order valence-corrected chi connectivity index (χ2v) is 6.16. The molecule has 0 radical (unpaired) electrons. The largest absolute Gasteiger partial charge is 0.388 e. The molecule has 1 amide bonds. The Bertz CT molecular complexity index is 680. The van der Waals surface area contributed by atoms with Crippen LogP contribution in [-0.2, 0) is 0 Å². The first-order chi connectivity index (χ1) is 9.47. The van der Waals surface area contributed by atoms with E-state index < -0.39 is 12.2 Å². The molecule has 0 spiro atoms. The van der Waals surface area contributed by atoms with Gasteiger partial charge in [0.15, 0.2) is 0 Å². The minimum absolute atomic E-state index is 0.0684. The highest BCUT2D eigenvalue weighted by Crippen LogP contribution is 2.36. The number of aliphatic hydroxyl groups excluding tert-OH is 2. The Morgan fingerprint density at radius 2 is 2.00 bits per heavy atom. The molecule has 20 heavy (non-hydrogen) atoms. The van der Waals surface area contributed by atoms with E-state index in [4.69, 9.17) is 11.6 Å². The molecule has 1 aliphatic rings. The summed E-state index contributed by atoms with van der Waals surface area (Å²) in [6.07, 6.45) is -1.88. The highest BCUT2D eigenvalue weighted by Gasteiger charge is 2.34. The van der Waals surface area contributed by atoms with Crippen LogP contribution in [0.3, 0.4) is 0 Å². The molecule has 0 bridgehead atoms. The lowest BCUT2D eigenvalue weighted by Gasteiger charge is -2.14. The summed E-state index contributed by atoms with van der Waals surface area (Å²) in [6, 6.07) is 4.16. The fourth-order valence-corrected chi connectivity index (χ4v) is 3.76. The summed E-state index contributed by atoms with van der Waals surface area (Å²) in [5.74, 6) is -0.742. The number of nitrogens with zero attached hydrogens (tertiary/aromatic N) is 1. The van der Waals surface area contributed by atoms with Crippen molar-refractivity contribution in [3.8, 4) is 0 Å². The maximum absolute atomic E-state index is 13.2. The summed E-state index contributed by atoms with van der Waals surface area (Å²) in [5.41, 5.74) is 0. The van der Waals surface area contributed by atoms with E-state index in [9.17, 15) is 19.4 Å². The van der Waals surface area contributed by atoms with Crippen LogP contribution in [0, 0.1) is 5.82 Å². The fourth-order valence-electron chi connectivity index (χ4n) is 2.26. The molecular weight excluding hydrogens is 305 g/mol. The summed E-state index contributed by atoms with van der Waals surface area (Å²) in [4.78, 5) is 14.0. The first-order valence-corrected chi connectivity index (χ1v) is 7.20. The molecule has 0 aliphatic carbocycles. The van der Waals surface area contributed by atoms with Crippen molar-refractivity contribution >= 4 is 38.9 Å². The number of benzene rings is 1. The van der Waals surface area contributed by atoms with Crippen LogP contribution in [0.1, 0.15) is 9.67 Å². The highest BCUT2D eigenvalue weighted by atomic mass is 35.5. The zero-order valence-electron chi connectivity index (χ0n) is 10.2. The number of rotatable bonds is 1. The highest BCUT2D eigenvalue weighted by molar-refractivity contribution is 7.21. The van der Waals surface area contributed by atoms with Gasteiger partial charge in [0.1, 0.15) is 10.7 Å². The van der Waals surface area contributed by atoms with Gasteiger partial charge in [0.2, 0.25) is 0 Å². The molecule has 1 saturated heterocycles. The topological polar surface area (TPSA) is 60.8 Å². The number of amides is 1. The molecule has 1 aromatic heterocycles. The van der Waals surface area contributed by atoms with Crippen molar-refractivity contribution in [2.75, 3.05) is 13.1 Å². The summed E-state index contributed by atoms with van der Waals surface area (Å²) in [5, 5.41) is 19.9. The van der Waals surface area contributed by atoms with Gasteiger partial charge in [0.05, 0.1) is 17.2 Å². The lowest BCUT2D eigenvalue weighted by Crippen LogP contribution is -2.29. The fraction of sp³-hybridized carbons (Fsp3) is 0.308. The Kier molecular flexibility index (Phi) is 3.41. The van der Waals surface area contributed by atoms with Gasteiger partial charge < -0.3 is 15.1 Å². The van der Waals surface area contributed by atoms with Crippen LogP contribution in [0.4, 0.5) is 4.39 Å². The number of aliphatic hydroxyl groups is 2. The molecule has 1 aromatic carbocycles. The van der Waals surface area contributed by atoms with Crippen molar-refractivity contribution in [3.63, 3.8) is 0 Å². The van der Waals surface area contributed by atoms with E-state index in [1.807, 2.05) is 0 Å². The molecule has 3 rings (SSSR count). The Balaban J connectivity index is 1.98. The van der Waals surface area contributed by atoms with Gasteiger partial charge in [-0.1, -0.05) is 11.6 Å². The molecule has 4 nitrogen and oxygen atoms in total. The zero-order chi connectivity index (χ0) is 14.4. The van der Waals surface area contributed by atoms with E-state index in [0.717, 1.165) is 11.3 Å². The first-order valence-electron chi connectivity index (χ1n) is 6.00. The van der Waals surface area contributed by atoms with Gasteiger partial charge in [0, 0.05) is 23.2 Å². The van der Waals surface area contributed by atoms with Crippen LogP contribution < -0.4 is 0 Å². The van der Waals surface area contributed by atoms with Gasteiger partial charge >= 0.3 is 0 Å². The molecule has 2 N–H and O–H groups in total. The quantitative estimate of drug-likeness (QED) is 0.844. The summed E-state index contributed by atoms with van der Waals surface area (Å²) < 4.78 is 13.8. The zero-order valence-corrected chi connectivity index (χ0v) is 11.8. The number of hydrogen-bond acceptors (Lipinski definition) is 4. The van der Waals surface area contributed by atoms with Crippen molar-refractivity contribution in [1.29, 1.82) is 0 Å². The Morgan fingerprint density at radius 1 is 1.35 bits per heavy atom. The van der Waals surface area contributed by atoms with Gasteiger partial charge in [0.25, 0.3) is 5.91 Å². The first kappa shape index (κ1) is 13.8. The average Bonchev–Trinajstić information content (AvgIpc) is 2.90. The van der Waals surface area contributed by atoms with Gasteiger partial charge in [-0.05, 0) is 18.2 Å². The van der Waals surface area contributed by atoms with Crippen molar-refractivity contribution in [1.82, 2.24) is 4.90 Å². The molecule has 2 heterocycles. The molecule has 1 aliphatic heterocycles. The molecule has 0 saturated carbocycles. The average molecular weight is 316 g/mol. The third-order valence-corrected chi connectivity index (χ3v) is 4.98. The third-order valence-electron chi connectivity index (χ3n) is 3.33. The van der Waals surface area contributed by atoms with Crippen LogP contribution in [-0.4, -0.2) is 46.3 Å².